The minimum Gasteiger partial charge on any atom is -0.490 e. The molecule has 2 fully saturated rings. The Morgan fingerprint density at radius 1 is 1.31 bits per heavy atom. The lowest BCUT2D eigenvalue weighted by molar-refractivity contribution is -0.118. The van der Waals surface area contributed by atoms with Crippen LogP contribution >= 0.6 is 11.6 Å². The third-order valence-corrected chi connectivity index (χ3v) is 6.94. The van der Waals surface area contributed by atoms with Gasteiger partial charge in [0.1, 0.15) is 11.6 Å². The van der Waals surface area contributed by atoms with Gasteiger partial charge in [0, 0.05) is 37.8 Å². The molecule has 2 aliphatic rings. The van der Waals surface area contributed by atoms with Gasteiger partial charge >= 0.3 is 0 Å². The summed E-state index contributed by atoms with van der Waals surface area (Å²) in [5.74, 6) is 0.289. The zero-order valence-corrected chi connectivity index (χ0v) is 18.5. The van der Waals surface area contributed by atoms with Crippen molar-refractivity contribution < 1.29 is 9.13 Å². The molecule has 32 heavy (non-hydrogen) atoms. The summed E-state index contributed by atoms with van der Waals surface area (Å²) >= 11 is 6.24. The largest absolute Gasteiger partial charge is 0.490 e. The Hall–Kier alpha value is -2.71. The molecule has 9 heteroatoms. The maximum Gasteiger partial charge on any atom is 0.276 e. The van der Waals surface area contributed by atoms with E-state index in [0.29, 0.717) is 33.5 Å². The number of aromatic nitrogens is 3. The second kappa shape index (κ2) is 8.01. The number of aryl methyl sites for hydroxylation is 2. The Labute approximate surface area is 188 Å². The number of nitrogens with zero attached hydrogens (tertiary/aromatic N) is 3. The fraction of sp³-hybridized carbons (Fsp3) is 0.435. The van der Waals surface area contributed by atoms with Crippen molar-refractivity contribution >= 4 is 22.4 Å². The first-order chi connectivity index (χ1) is 15.3. The van der Waals surface area contributed by atoms with Crippen LogP contribution in [0.1, 0.15) is 24.8 Å². The molecule has 1 spiro atoms. The Balaban J connectivity index is 1.13. The van der Waals surface area contributed by atoms with Gasteiger partial charge in [-0.15, -0.1) is 0 Å². The molecule has 1 saturated heterocycles. The number of H-pyrrole nitrogens is 1. The number of hydrogen-bond acceptors (Lipinski definition) is 5. The fourth-order valence-corrected chi connectivity index (χ4v) is 5.29. The smallest absolute Gasteiger partial charge is 0.276 e. The molecule has 168 valence electrons. The summed E-state index contributed by atoms with van der Waals surface area (Å²) in [6.45, 7) is 2.90. The molecule has 1 saturated carbocycles. The third kappa shape index (κ3) is 3.82. The topological polar surface area (TPSA) is 80.2 Å². The molecular formula is C23H24ClFN4O3. The average Bonchev–Trinajstić information content (AvgIpc) is 2.71. The molecule has 0 radical (unpaired) electrons. The van der Waals surface area contributed by atoms with Crippen molar-refractivity contribution in [1.82, 2.24) is 19.7 Å². The Kier molecular flexibility index (Phi) is 5.29. The first kappa shape index (κ1) is 21.2. The lowest BCUT2D eigenvalue weighted by Crippen LogP contribution is -2.64. The van der Waals surface area contributed by atoms with Crippen LogP contribution in [0.15, 0.2) is 40.2 Å². The zero-order chi connectivity index (χ0) is 22.5. The van der Waals surface area contributed by atoms with Crippen molar-refractivity contribution in [3.05, 3.63) is 67.7 Å². The van der Waals surface area contributed by atoms with E-state index in [9.17, 15) is 14.0 Å². The minimum atomic E-state index is -0.355. The van der Waals surface area contributed by atoms with E-state index in [2.05, 4.69) is 15.0 Å². The van der Waals surface area contributed by atoms with Gasteiger partial charge in [-0.05, 0) is 49.9 Å². The Morgan fingerprint density at radius 2 is 2.09 bits per heavy atom. The number of halogens is 2. The van der Waals surface area contributed by atoms with E-state index in [1.165, 1.54) is 10.7 Å². The predicted octanol–water partition coefficient (Wildman–Crippen LogP) is 2.89. The maximum absolute atomic E-state index is 13.7. The maximum atomic E-state index is 13.7. The van der Waals surface area contributed by atoms with Gasteiger partial charge in [-0.25, -0.2) is 9.07 Å². The number of nitrogens with one attached hydrogen (secondary N) is 1. The number of likely N-dealkylation sites (tertiary alicyclic amines) is 1. The summed E-state index contributed by atoms with van der Waals surface area (Å²) in [6.07, 6.45) is 6.17. The highest BCUT2D eigenvalue weighted by Gasteiger charge is 2.53. The van der Waals surface area contributed by atoms with Crippen LogP contribution in [-0.2, 0) is 13.5 Å². The normalized spacial score (nSPS) is 18.0. The highest BCUT2D eigenvalue weighted by molar-refractivity contribution is 6.35. The van der Waals surface area contributed by atoms with Crippen molar-refractivity contribution in [3.8, 4) is 5.75 Å². The van der Waals surface area contributed by atoms with Crippen molar-refractivity contribution in [2.75, 3.05) is 19.6 Å². The molecule has 0 amide bonds. The summed E-state index contributed by atoms with van der Waals surface area (Å²) in [7, 11) is 1.60. The molecule has 1 aliphatic carbocycles. The summed E-state index contributed by atoms with van der Waals surface area (Å²) in [5, 5.41) is 5.58. The van der Waals surface area contributed by atoms with Crippen molar-refractivity contribution in [2.24, 2.45) is 12.5 Å². The van der Waals surface area contributed by atoms with Crippen LogP contribution in [0.5, 0.6) is 5.75 Å². The Morgan fingerprint density at radius 3 is 2.88 bits per heavy atom. The lowest BCUT2D eigenvalue weighted by atomic mass is 9.61. The second-order valence-electron chi connectivity index (χ2n) is 9.04. The molecule has 0 atom stereocenters. The molecule has 1 N–H and O–H groups in total. The standard InChI is InChI=1S/C23H24ClFN4O3/c1-28-22(31)21-16(10-27-28)19(5-4-17(21)24)32-15-8-23(9-15)12-29(13-23)6-2-3-14-7-20(30)26-11-18(14)25/h4-5,7,10-11,15H,2-3,6,8-9,12-13H2,1H3,(H,26,30). The van der Waals surface area contributed by atoms with Gasteiger partial charge in [0.25, 0.3) is 5.56 Å². The van der Waals surface area contributed by atoms with Gasteiger partial charge in [0.05, 0.1) is 28.1 Å². The summed E-state index contributed by atoms with van der Waals surface area (Å²) < 4.78 is 21.2. The van der Waals surface area contributed by atoms with Crippen molar-refractivity contribution in [2.45, 2.75) is 31.8 Å². The van der Waals surface area contributed by atoms with Crippen LogP contribution in [0.25, 0.3) is 10.8 Å². The number of rotatable bonds is 6. The molecule has 3 heterocycles. The summed E-state index contributed by atoms with van der Waals surface area (Å²) in [4.78, 5) is 28.5. The van der Waals surface area contributed by atoms with Crippen molar-refractivity contribution in [1.29, 1.82) is 0 Å². The summed E-state index contributed by atoms with van der Waals surface area (Å²) in [5.41, 5.74) is 0.254. The van der Waals surface area contributed by atoms with Crippen LogP contribution < -0.4 is 15.9 Å². The van der Waals surface area contributed by atoms with Gasteiger partial charge in [-0.2, -0.15) is 5.10 Å². The van der Waals surface area contributed by atoms with E-state index in [4.69, 9.17) is 16.3 Å². The molecular weight excluding hydrogens is 435 g/mol. The third-order valence-electron chi connectivity index (χ3n) is 6.63. The van der Waals surface area contributed by atoms with E-state index in [1.807, 2.05) is 0 Å². The molecule has 7 nitrogen and oxygen atoms in total. The van der Waals surface area contributed by atoms with E-state index >= 15 is 0 Å². The first-order valence-electron chi connectivity index (χ1n) is 10.7. The monoisotopic (exact) mass is 458 g/mol. The quantitative estimate of drug-likeness (QED) is 0.614. The first-order valence-corrected chi connectivity index (χ1v) is 11.1. The number of aromatic amines is 1. The number of fused-ring (bicyclic) bond motifs is 1. The number of ether oxygens (including phenoxy) is 1. The van der Waals surface area contributed by atoms with Crippen LogP contribution in [0.2, 0.25) is 5.02 Å². The predicted molar refractivity (Wildman–Crippen MR) is 120 cm³/mol. The van der Waals surface area contributed by atoms with Crippen molar-refractivity contribution in [3.63, 3.8) is 0 Å². The van der Waals surface area contributed by atoms with Crippen LogP contribution in [0, 0.1) is 11.2 Å². The number of pyridine rings is 1. The van der Waals surface area contributed by atoms with Gasteiger partial charge in [-0.1, -0.05) is 11.6 Å². The van der Waals surface area contributed by atoms with E-state index in [1.54, 1.807) is 25.4 Å². The lowest BCUT2D eigenvalue weighted by Gasteiger charge is -2.58. The van der Waals surface area contributed by atoms with Crippen LogP contribution in [0.4, 0.5) is 4.39 Å². The Bertz CT molecular complexity index is 1290. The number of hydrogen-bond donors (Lipinski definition) is 1. The molecule has 1 aliphatic heterocycles. The number of benzene rings is 1. The molecule has 1 aromatic carbocycles. The van der Waals surface area contributed by atoms with E-state index in [0.717, 1.165) is 45.1 Å². The van der Waals surface area contributed by atoms with Crippen LogP contribution in [-0.4, -0.2) is 45.4 Å². The second-order valence-corrected chi connectivity index (χ2v) is 9.45. The highest BCUT2D eigenvalue weighted by Crippen LogP contribution is 2.50. The van der Waals surface area contributed by atoms with Gasteiger partial charge in [-0.3, -0.25) is 9.59 Å². The molecule has 0 bridgehead atoms. The molecule has 0 unspecified atom stereocenters. The van der Waals surface area contributed by atoms with E-state index in [-0.39, 0.29) is 28.5 Å². The van der Waals surface area contributed by atoms with E-state index < -0.39 is 0 Å². The SMILES string of the molecule is Cn1ncc2c(OC3CC4(C3)CN(CCCc3cc(=O)[nH]cc3F)C4)ccc(Cl)c2c1=O. The molecule has 3 aromatic rings. The molecule has 2 aromatic heterocycles. The van der Waals surface area contributed by atoms with Gasteiger partial charge < -0.3 is 14.6 Å². The highest BCUT2D eigenvalue weighted by atomic mass is 35.5. The van der Waals surface area contributed by atoms with Gasteiger partial charge in [0.2, 0.25) is 5.56 Å². The molecule has 5 rings (SSSR count). The minimum absolute atomic E-state index is 0.107. The fourth-order valence-electron chi connectivity index (χ4n) is 5.05. The average molecular weight is 459 g/mol. The van der Waals surface area contributed by atoms with Gasteiger partial charge in [0.15, 0.2) is 0 Å². The zero-order valence-electron chi connectivity index (χ0n) is 17.7. The van der Waals surface area contributed by atoms with Crippen LogP contribution in [0.3, 0.4) is 0 Å². The summed E-state index contributed by atoms with van der Waals surface area (Å²) in [6, 6.07) is 4.84.